The molecule has 0 spiro atoms. The first-order valence-corrected chi connectivity index (χ1v) is 10.3. The zero-order valence-corrected chi connectivity index (χ0v) is 15.8. The highest BCUT2D eigenvalue weighted by Gasteiger charge is 2.34. The van der Waals surface area contributed by atoms with E-state index in [2.05, 4.69) is 55.5 Å². The predicted octanol–water partition coefficient (Wildman–Crippen LogP) is 6.82. The summed E-state index contributed by atoms with van der Waals surface area (Å²) in [5.74, 6) is 2.02. The van der Waals surface area contributed by atoms with Gasteiger partial charge in [0.25, 0.3) is 0 Å². The van der Waals surface area contributed by atoms with Crippen LogP contribution in [-0.4, -0.2) is 5.11 Å². The minimum atomic E-state index is 0.159. The first kappa shape index (κ1) is 17.4. The summed E-state index contributed by atoms with van der Waals surface area (Å²) >= 11 is 0. The Balaban J connectivity index is 1.64. The maximum absolute atomic E-state index is 10.8. The van der Waals surface area contributed by atoms with E-state index >= 15 is 0 Å². The third-order valence-electron chi connectivity index (χ3n) is 6.37. The molecule has 0 heterocycles. The van der Waals surface area contributed by atoms with Crippen LogP contribution in [0.15, 0.2) is 54.3 Å². The summed E-state index contributed by atoms with van der Waals surface area (Å²) in [6.45, 7) is 2.15. The normalized spacial score (nSPS) is 21.3. The molecule has 0 amide bonds. The molecule has 0 aromatic heterocycles. The fraction of sp³-hybridized carbons (Fsp3) is 0.440. The molecule has 4 rings (SSSR count). The summed E-state index contributed by atoms with van der Waals surface area (Å²) in [7, 11) is 0. The lowest BCUT2D eigenvalue weighted by molar-refractivity contribution is 0.245. The molecule has 0 bridgehead atoms. The maximum atomic E-state index is 10.8. The minimum absolute atomic E-state index is 0.159. The third kappa shape index (κ3) is 3.72. The van der Waals surface area contributed by atoms with Crippen molar-refractivity contribution < 1.29 is 5.11 Å². The average Bonchev–Trinajstić information content (AvgIpc) is 2.98. The highest BCUT2D eigenvalue weighted by Crippen LogP contribution is 2.45. The van der Waals surface area contributed by atoms with E-state index in [1.165, 1.54) is 60.8 Å². The largest absolute Gasteiger partial charge is 0.512 e. The number of aliphatic hydroxyl groups is 1. The molecule has 1 heteroatoms. The summed E-state index contributed by atoms with van der Waals surface area (Å²) in [6, 6.07) is 17.4. The second-order valence-electron chi connectivity index (χ2n) is 8.37. The van der Waals surface area contributed by atoms with Crippen molar-refractivity contribution in [2.75, 3.05) is 0 Å². The third-order valence-corrected chi connectivity index (χ3v) is 6.37. The number of rotatable bonds is 5. The van der Waals surface area contributed by atoms with Crippen molar-refractivity contribution in [3.8, 4) is 0 Å². The van der Waals surface area contributed by atoms with Crippen LogP contribution in [0.2, 0.25) is 0 Å². The lowest BCUT2D eigenvalue weighted by Crippen LogP contribution is -2.21. The molecule has 0 radical (unpaired) electrons. The van der Waals surface area contributed by atoms with Crippen molar-refractivity contribution in [1.29, 1.82) is 0 Å². The van der Waals surface area contributed by atoms with E-state index < -0.39 is 0 Å². The van der Waals surface area contributed by atoms with Gasteiger partial charge in [-0.1, -0.05) is 86.2 Å². The smallest absolute Gasteiger partial charge is 0.101 e. The van der Waals surface area contributed by atoms with Crippen LogP contribution in [0.1, 0.15) is 66.7 Å². The second kappa shape index (κ2) is 7.70. The predicted molar refractivity (Wildman–Crippen MR) is 109 cm³/mol. The molecule has 0 aliphatic heterocycles. The second-order valence-corrected chi connectivity index (χ2v) is 8.37. The lowest BCUT2D eigenvalue weighted by atomic mass is 9.74. The summed E-state index contributed by atoms with van der Waals surface area (Å²) in [5.41, 5.74) is 5.22. The van der Waals surface area contributed by atoms with Crippen LogP contribution in [0.4, 0.5) is 0 Å². The molecule has 1 unspecified atom stereocenters. The van der Waals surface area contributed by atoms with Crippen molar-refractivity contribution in [3.63, 3.8) is 0 Å². The van der Waals surface area contributed by atoms with Crippen molar-refractivity contribution >= 4 is 6.08 Å². The average molecular weight is 347 g/mol. The number of aliphatic hydroxyl groups excluding tert-OH is 1. The molecular weight excluding hydrogens is 316 g/mol. The Hall–Kier alpha value is -2.02. The molecule has 1 nitrogen and oxygen atoms in total. The fourth-order valence-electron chi connectivity index (χ4n) is 5.10. The van der Waals surface area contributed by atoms with Gasteiger partial charge in [-0.15, -0.1) is 0 Å². The Morgan fingerprint density at radius 3 is 2.54 bits per heavy atom. The van der Waals surface area contributed by atoms with Gasteiger partial charge >= 0.3 is 0 Å². The van der Waals surface area contributed by atoms with E-state index in [1.807, 2.05) is 6.08 Å². The summed E-state index contributed by atoms with van der Waals surface area (Å²) in [4.78, 5) is 0. The quantitative estimate of drug-likeness (QED) is 0.629. The molecule has 1 N–H and O–H groups in total. The molecule has 2 aromatic rings. The first-order chi connectivity index (χ1) is 12.7. The highest BCUT2D eigenvalue weighted by molar-refractivity contribution is 5.65. The molecule has 2 aliphatic rings. The Morgan fingerprint density at radius 1 is 1.00 bits per heavy atom. The maximum Gasteiger partial charge on any atom is 0.101 e. The highest BCUT2D eigenvalue weighted by atomic mass is 16.3. The Bertz CT molecular complexity index is 768. The van der Waals surface area contributed by atoms with Crippen LogP contribution in [-0.2, 0) is 6.42 Å². The van der Waals surface area contributed by atoms with Crippen LogP contribution in [0, 0.1) is 18.8 Å². The van der Waals surface area contributed by atoms with Gasteiger partial charge in [0.15, 0.2) is 0 Å². The van der Waals surface area contributed by atoms with Gasteiger partial charge < -0.3 is 5.11 Å². The Kier molecular flexibility index (Phi) is 5.15. The molecule has 1 fully saturated rings. The summed E-state index contributed by atoms with van der Waals surface area (Å²) < 4.78 is 0. The van der Waals surface area contributed by atoms with Crippen molar-refractivity contribution in [2.45, 2.75) is 57.8 Å². The van der Waals surface area contributed by atoms with E-state index in [1.54, 1.807) is 0 Å². The molecule has 0 saturated heterocycles. The van der Waals surface area contributed by atoms with E-state index in [9.17, 15) is 5.11 Å². The van der Waals surface area contributed by atoms with Gasteiger partial charge in [-0.3, -0.25) is 0 Å². The van der Waals surface area contributed by atoms with Gasteiger partial charge in [0.05, 0.1) is 0 Å². The molecule has 2 aromatic carbocycles. The lowest BCUT2D eigenvalue weighted by Gasteiger charge is -2.31. The number of hydrogen-bond acceptors (Lipinski definition) is 1. The number of hydrogen-bond donors (Lipinski definition) is 1. The fourth-order valence-corrected chi connectivity index (χ4v) is 5.10. The zero-order chi connectivity index (χ0) is 17.9. The van der Waals surface area contributed by atoms with Crippen LogP contribution in [0.25, 0.3) is 6.08 Å². The van der Waals surface area contributed by atoms with Crippen molar-refractivity contribution in [1.82, 2.24) is 0 Å². The van der Waals surface area contributed by atoms with E-state index in [4.69, 9.17) is 0 Å². The molecule has 2 atom stereocenters. The SMILES string of the molecule is Cc1ccc2c(c1)C([C@@H](Cc1ccccc1)CC1CCCCC1)C(O)=C2. The van der Waals surface area contributed by atoms with Crippen LogP contribution >= 0.6 is 0 Å². The van der Waals surface area contributed by atoms with Crippen molar-refractivity contribution in [2.24, 2.45) is 11.8 Å². The number of aryl methyl sites for hydroxylation is 1. The molecule has 26 heavy (non-hydrogen) atoms. The van der Waals surface area contributed by atoms with Crippen LogP contribution in [0.5, 0.6) is 0 Å². The van der Waals surface area contributed by atoms with Gasteiger partial charge in [0.1, 0.15) is 5.76 Å². The number of allylic oxidation sites excluding steroid dienone is 1. The van der Waals surface area contributed by atoms with E-state index in [0.29, 0.717) is 11.7 Å². The zero-order valence-electron chi connectivity index (χ0n) is 15.8. The molecule has 2 aliphatic carbocycles. The molecular formula is C25H30O. The van der Waals surface area contributed by atoms with E-state index in [0.717, 1.165) is 12.3 Å². The monoisotopic (exact) mass is 346 g/mol. The van der Waals surface area contributed by atoms with Gasteiger partial charge in [0.2, 0.25) is 0 Å². The topological polar surface area (TPSA) is 20.2 Å². The number of benzene rings is 2. The van der Waals surface area contributed by atoms with Crippen molar-refractivity contribution in [3.05, 3.63) is 76.5 Å². The summed E-state index contributed by atoms with van der Waals surface area (Å²) in [5, 5.41) is 10.8. The van der Waals surface area contributed by atoms with Gasteiger partial charge in [-0.2, -0.15) is 0 Å². The number of fused-ring (bicyclic) bond motifs is 1. The van der Waals surface area contributed by atoms with E-state index in [-0.39, 0.29) is 5.92 Å². The molecule has 1 saturated carbocycles. The standard InChI is InChI=1S/C25H30O/c1-18-12-13-21-17-24(26)25(23(21)14-18)22(15-19-8-4-2-5-9-19)16-20-10-6-3-7-11-20/h2,4-5,8-9,12-14,17,20,22,25-26H,3,6-7,10-11,15-16H2,1H3/t22-,25?/m0/s1. The van der Waals surface area contributed by atoms with Crippen LogP contribution < -0.4 is 0 Å². The van der Waals surface area contributed by atoms with Gasteiger partial charge in [-0.05, 0) is 54.4 Å². The Morgan fingerprint density at radius 2 is 1.77 bits per heavy atom. The van der Waals surface area contributed by atoms with Gasteiger partial charge in [0, 0.05) is 5.92 Å². The molecule has 136 valence electrons. The Labute approximate surface area is 157 Å². The minimum Gasteiger partial charge on any atom is -0.512 e. The van der Waals surface area contributed by atoms with Gasteiger partial charge in [-0.25, -0.2) is 0 Å². The first-order valence-electron chi connectivity index (χ1n) is 10.3. The van der Waals surface area contributed by atoms with Crippen LogP contribution in [0.3, 0.4) is 0 Å². The summed E-state index contributed by atoms with van der Waals surface area (Å²) in [6.07, 6.45) is 11.2.